The lowest BCUT2D eigenvalue weighted by molar-refractivity contribution is 0.0945. The molecule has 0 atom stereocenters. The molecular formula is C13H17ClN4O2. The van der Waals surface area contributed by atoms with Gasteiger partial charge in [0.15, 0.2) is 12.1 Å². The summed E-state index contributed by atoms with van der Waals surface area (Å²) in [5.74, 6) is 0.534. The Bertz CT molecular complexity index is 576. The number of rotatable bonds is 6. The highest BCUT2D eigenvalue weighted by Gasteiger charge is 2.18. The van der Waals surface area contributed by atoms with Crippen molar-refractivity contribution >= 4 is 17.5 Å². The second kappa shape index (κ2) is 6.56. The molecule has 108 valence electrons. The molecule has 2 aromatic rings. The van der Waals surface area contributed by atoms with Crippen LogP contribution in [-0.4, -0.2) is 27.2 Å². The number of nitrogens with one attached hydrogen (secondary N) is 1. The van der Waals surface area contributed by atoms with Crippen LogP contribution >= 0.6 is 11.6 Å². The first-order valence-electron chi connectivity index (χ1n) is 6.47. The second-order valence-electron chi connectivity index (χ2n) is 4.75. The molecule has 0 aliphatic carbocycles. The summed E-state index contributed by atoms with van der Waals surface area (Å²) in [6, 6.07) is 0. The van der Waals surface area contributed by atoms with Crippen LogP contribution in [0.15, 0.2) is 23.2 Å². The summed E-state index contributed by atoms with van der Waals surface area (Å²) >= 11 is 5.77. The lowest BCUT2D eigenvalue weighted by Gasteiger charge is -2.06. The van der Waals surface area contributed by atoms with E-state index in [0.29, 0.717) is 29.6 Å². The largest absolute Gasteiger partial charge is 0.447 e. The molecule has 0 radical (unpaired) electrons. The standard InChI is InChI=1S/C13H17ClN4O2/c1-9(2)12-11(16-8-20-12)13(19)15-4-3-5-18-7-10(14)6-17-18/h6-9H,3-5H2,1-2H3,(H,15,19). The van der Waals surface area contributed by atoms with Crippen LogP contribution in [0.3, 0.4) is 0 Å². The molecule has 6 nitrogen and oxygen atoms in total. The highest BCUT2D eigenvalue weighted by atomic mass is 35.5. The number of halogens is 1. The molecule has 0 bridgehead atoms. The van der Waals surface area contributed by atoms with E-state index in [9.17, 15) is 4.79 Å². The van der Waals surface area contributed by atoms with Gasteiger partial charge in [-0.15, -0.1) is 0 Å². The second-order valence-corrected chi connectivity index (χ2v) is 5.19. The summed E-state index contributed by atoms with van der Waals surface area (Å²) in [6.45, 7) is 5.15. The van der Waals surface area contributed by atoms with E-state index >= 15 is 0 Å². The zero-order chi connectivity index (χ0) is 14.5. The van der Waals surface area contributed by atoms with Gasteiger partial charge < -0.3 is 9.73 Å². The molecule has 1 amide bonds. The van der Waals surface area contributed by atoms with Gasteiger partial charge in [-0.25, -0.2) is 4.98 Å². The SMILES string of the molecule is CC(C)c1ocnc1C(=O)NCCCn1cc(Cl)cn1. The smallest absolute Gasteiger partial charge is 0.273 e. The Kier molecular flexibility index (Phi) is 4.79. The van der Waals surface area contributed by atoms with Crippen LogP contribution in [0.1, 0.15) is 42.4 Å². The van der Waals surface area contributed by atoms with Crippen molar-refractivity contribution in [1.29, 1.82) is 0 Å². The third-order valence-electron chi connectivity index (χ3n) is 2.79. The maximum atomic E-state index is 12.0. The van der Waals surface area contributed by atoms with E-state index in [2.05, 4.69) is 15.4 Å². The van der Waals surface area contributed by atoms with Crippen LogP contribution in [0.25, 0.3) is 0 Å². The molecule has 0 aromatic carbocycles. The molecular weight excluding hydrogens is 280 g/mol. The molecule has 2 rings (SSSR count). The minimum absolute atomic E-state index is 0.129. The van der Waals surface area contributed by atoms with E-state index in [-0.39, 0.29) is 11.8 Å². The summed E-state index contributed by atoms with van der Waals surface area (Å²) in [7, 11) is 0. The topological polar surface area (TPSA) is 73.0 Å². The first-order chi connectivity index (χ1) is 9.58. The minimum Gasteiger partial charge on any atom is -0.447 e. The van der Waals surface area contributed by atoms with Crippen LogP contribution in [-0.2, 0) is 6.54 Å². The van der Waals surface area contributed by atoms with Crippen LogP contribution in [0.4, 0.5) is 0 Å². The Morgan fingerprint density at radius 2 is 2.35 bits per heavy atom. The highest BCUT2D eigenvalue weighted by Crippen LogP contribution is 2.17. The van der Waals surface area contributed by atoms with Crippen molar-refractivity contribution in [3.05, 3.63) is 35.3 Å². The van der Waals surface area contributed by atoms with Gasteiger partial charge in [0, 0.05) is 25.2 Å². The number of nitrogens with zero attached hydrogens (tertiary/aromatic N) is 3. The Labute approximate surface area is 122 Å². The van der Waals surface area contributed by atoms with Gasteiger partial charge in [-0.1, -0.05) is 25.4 Å². The number of carbonyl (C=O) groups excluding carboxylic acids is 1. The third-order valence-corrected chi connectivity index (χ3v) is 2.98. The van der Waals surface area contributed by atoms with Crippen molar-refractivity contribution in [2.24, 2.45) is 0 Å². The van der Waals surface area contributed by atoms with Gasteiger partial charge in [0.2, 0.25) is 0 Å². The average Bonchev–Trinajstić information content (AvgIpc) is 3.03. The molecule has 0 unspecified atom stereocenters. The van der Waals surface area contributed by atoms with Gasteiger partial charge in [0.1, 0.15) is 5.76 Å². The highest BCUT2D eigenvalue weighted by molar-refractivity contribution is 6.30. The predicted molar refractivity (Wildman–Crippen MR) is 74.8 cm³/mol. The number of aryl methyl sites for hydroxylation is 1. The zero-order valence-electron chi connectivity index (χ0n) is 11.5. The van der Waals surface area contributed by atoms with E-state index in [0.717, 1.165) is 6.42 Å². The molecule has 0 fully saturated rings. The maximum absolute atomic E-state index is 12.0. The summed E-state index contributed by atoms with van der Waals surface area (Å²) < 4.78 is 6.97. The maximum Gasteiger partial charge on any atom is 0.273 e. The number of hydrogen-bond acceptors (Lipinski definition) is 4. The number of aromatic nitrogens is 3. The van der Waals surface area contributed by atoms with Crippen molar-refractivity contribution < 1.29 is 9.21 Å². The first kappa shape index (κ1) is 14.6. The fourth-order valence-corrected chi connectivity index (χ4v) is 1.98. The number of carbonyl (C=O) groups is 1. The number of oxazole rings is 1. The fourth-order valence-electron chi connectivity index (χ4n) is 1.82. The van der Waals surface area contributed by atoms with E-state index in [1.807, 2.05) is 13.8 Å². The number of hydrogen-bond donors (Lipinski definition) is 1. The molecule has 1 N–H and O–H groups in total. The van der Waals surface area contributed by atoms with Crippen molar-refractivity contribution in [1.82, 2.24) is 20.1 Å². The first-order valence-corrected chi connectivity index (χ1v) is 6.85. The van der Waals surface area contributed by atoms with E-state index in [1.54, 1.807) is 17.1 Å². The van der Waals surface area contributed by atoms with Gasteiger partial charge in [-0.3, -0.25) is 9.48 Å². The Hall–Kier alpha value is -1.82. The van der Waals surface area contributed by atoms with Crippen LogP contribution in [0, 0.1) is 0 Å². The van der Waals surface area contributed by atoms with Crippen molar-refractivity contribution in [3.63, 3.8) is 0 Å². The molecule has 20 heavy (non-hydrogen) atoms. The molecule has 0 saturated heterocycles. The normalized spacial score (nSPS) is 11.0. The summed E-state index contributed by atoms with van der Waals surface area (Å²) in [4.78, 5) is 15.9. The van der Waals surface area contributed by atoms with Gasteiger partial charge in [-0.05, 0) is 6.42 Å². The van der Waals surface area contributed by atoms with Gasteiger partial charge >= 0.3 is 0 Å². The van der Waals surface area contributed by atoms with Crippen LogP contribution in [0.2, 0.25) is 5.02 Å². The van der Waals surface area contributed by atoms with E-state index < -0.39 is 0 Å². The molecule has 0 spiro atoms. The average molecular weight is 297 g/mol. The Morgan fingerprint density at radius 3 is 3.00 bits per heavy atom. The summed E-state index contributed by atoms with van der Waals surface area (Å²) in [5.41, 5.74) is 0.363. The van der Waals surface area contributed by atoms with Gasteiger partial charge in [0.05, 0.1) is 11.2 Å². The van der Waals surface area contributed by atoms with Crippen LogP contribution in [0.5, 0.6) is 0 Å². The lowest BCUT2D eigenvalue weighted by atomic mass is 10.1. The summed E-state index contributed by atoms with van der Waals surface area (Å²) in [5, 5.41) is 7.50. The Morgan fingerprint density at radius 1 is 1.55 bits per heavy atom. The van der Waals surface area contributed by atoms with Gasteiger partial charge in [0.25, 0.3) is 5.91 Å². The monoisotopic (exact) mass is 296 g/mol. The Balaban J connectivity index is 1.79. The molecule has 2 aromatic heterocycles. The van der Waals surface area contributed by atoms with Crippen molar-refractivity contribution in [3.8, 4) is 0 Å². The van der Waals surface area contributed by atoms with E-state index in [1.165, 1.54) is 6.39 Å². The minimum atomic E-state index is -0.207. The van der Waals surface area contributed by atoms with E-state index in [4.69, 9.17) is 16.0 Å². The molecule has 2 heterocycles. The third kappa shape index (κ3) is 3.60. The summed E-state index contributed by atoms with van der Waals surface area (Å²) in [6.07, 6.45) is 5.40. The molecule has 0 saturated carbocycles. The quantitative estimate of drug-likeness (QED) is 0.831. The lowest BCUT2D eigenvalue weighted by Crippen LogP contribution is -2.26. The molecule has 0 aliphatic heterocycles. The van der Waals surface area contributed by atoms with Gasteiger partial charge in [-0.2, -0.15) is 5.10 Å². The van der Waals surface area contributed by atoms with Crippen molar-refractivity contribution in [2.75, 3.05) is 6.54 Å². The number of amides is 1. The zero-order valence-corrected chi connectivity index (χ0v) is 12.2. The van der Waals surface area contributed by atoms with Crippen LogP contribution < -0.4 is 5.32 Å². The van der Waals surface area contributed by atoms with Crippen molar-refractivity contribution in [2.45, 2.75) is 32.7 Å². The predicted octanol–water partition coefficient (Wildman–Crippen LogP) is 2.47. The fraction of sp³-hybridized carbons (Fsp3) is 0.462. The molecule has 7 heteroatoms. The molecule has 0 aliphatic rings.